The van der Waals surface area contributed by atoms with Crippen LogP contribution in [-0.2, 0) is 0 Å². The molecule has 3 rings (SSSR count). The van der Waals surface area contributed by atoms with E-state index in [-0.39, 0.29) is 0 Å². The molecule has 2 heteroatoms. The van der Waals surface area contributed by atoms with Crippen molar-refractivity contribution in [1.29, 1.82) is 0 Å². The van der Waals surface area contributed by atoms with Gasteiger partial charge in [-0.25, -0.2) is 0 Å². The minimum atomic E-state index is 0.570. The lowest BCUT2D eigenvalue weighted by atomic mass is 9.90. The van der Waals surface area contributed by atoms with Gasteiger partial charge in [0.1, 0.15) is 0 Å². The van der Waals surface area contributed by atoms with E-state index in [1.807, 2.05) is 0 Å². The maximum atomic E-state index is 4.61. The first kappa shape index (κ1) is 10.7. The molecule has 0 saturated carbocycles. The van der Waals surface area contributed by atoms with Crippen molar-refractivity contribution in [2.75, 3.05) is 6.54 Å². The van der Waals surface area contributed by atoms with Crippen LogP contribution in [0.2, 0.25) is 0 Å². The van der Waals surface area contributed by atoms with E-state index >= 15 is 0 Å². The van der Waals surface area contributed by atoms with Gasteiger partial charge in [0.05, 0.1) is 5.52 Å². The molecule has 1 N–H and O–H groups in total. The highest BCUT2D eigenvalue weighted by molar-refractivity contribution is 5.83. The van der Waals surface area contributed by atoms with E-state index in [1.54, 1.807) is 0 Å². The molecule has 2 heterocycles. The number of benzene rings is 1. The van der Waals surface area contributed by atoms with Crippen LogP contribution in [-0.4, -0.2) is 17.6 Å². The predicted molar refractivity (Wildman–Crippen MR) is 71.3 cm³/mol. The SMILES string of the molecule is Cc1cc(C2CCNC2C)c2ccccc2n1. The molecule has 0 spiro atoms. The highest BCUT2D eigenvalue weighted by Crippen LogP contribution is 2.32. The summed E-state index contributed by atoms with van der Waals surface area (Å²) in [5.41, 5.74) is 3.71. The molecular weight excluding hydrogens is 208 g/mol. The molecule has 1 aromatic heterocycles. The zero-order chi connectivity index (χ0) is 11.8. The Balaban J connectivity index is 2.20. The van der Waals surface area contributed by atoms with Crippen LogP contribution in [0.25, 0.3) is 10.9 Å². The molecule has 1 aliphatic heterocycles. The summed E-state index contributed by atoms with van der Waals surface area (Å²) in [7, 11) is 0. The summed E-state index contributed by atoms with van der Waals surface area (Å²) in [5, 5.41) is 4.85. The zero-order valence-corrected chi connectivity index (χ0v) is 10.4. The zero-order valence-electron chi connectivity index (χ0n) is 10.4. The number of aryl methyl sites for hydroxylation is 1. The van der Waals surface area contributed by atoms with Crippen LogP contribution < -0.4 is 5.32 Å². The average Bonchev–Trinajstić information content (AvgIpc) is 2.74. The van der Waals surface area contributed by atoms with E-state index in [4.69, 9.17) is 0 Å². The number of nitrogens with one attached hydrogen (secondary N) is 1. The monoisotopic (exact) mass is 226 g/mol. The summed E-state index contributed by atoms with van der Waals surface area (Å²) in [6, 6.07) is 11.3. The van der Waals surface area contributed by atoms with Crippen LogP contribution >= 0.6 is 0 Å². The van der Waals surface area contributed by atoms with Crippen molar-refractivity contribution in [2.24, 2.45) is 0 Å². The Kier molecular flexibility index (Phi) is 2.60. The van der Waals surface area contributed by atoms with Crippen molar-refractivity contribution in [1.82, 2.24) is 10.3 Å². The Morgan fingerprint density at radius 2 is 2.12 bits per heavy atom. The highest BCUT2D eigenvalue weighted by Gasteiger charge is 2.26. The van der Waals surface area contributed by atoms with Gasteiger partial charge in [-0.15, -0.1) is 0 Å². The first-order chi connectivity index (χ1) is 8.25. The third-order valence-electron chi connectivity index (χ3n) is 3.80. The summed E-state index contributed by atoms with van der Waals surface area (Å²) in [6.07, 6.45) is 1.23. The Bertz CT molecular complexity index is 548. The van der Waals surface area contributed by atoms with E-state index in [2.05, 4.69) is 54.5 Å². The fourth-order valence-corrected chi connectivity index (χ4v) is 2.93. The van der Waals surface area contributed by atoms with Gasteiger partial charge < -0.3 is 5.32 Å². The fraction of sp³-hybridized carbons (Fsp3) is 0.400. The quantitative estimate of drug-likeness (QED) is 0.808. The molecule has 1 aliphatic rings. The van der Waals surface area contributed by atoms with Gasteiger partial charge in [0.25, 0.3) is 0 Å². The molecule has 0 amide bonds. The van der Waals surface area contributed by atoms with Crippen molar-refractivity contribution in [2.45, 2.75) is 32.2 Å². The molecule has 17 heavy (non-hydrogen) atoms. The van der Waals surface area contributed by atoms with Gasteiger partial charge in [0.15, 0.2) is 0 Å². The van der Waals surface area contributed by atoms with Crippen LogP contribution in [0, 0.1) is 6.92 Å². The van der Waals surface area contributed by atoms with Crippen LogP contribution in [0.1, 0.15) is 30.5 Å². The number of nitrogens with zero attached hydrogens (tertiary/aromatic N) is 1. The van der Waals surface area contributed by atoms with Crippen LogP contribution in [0.15, 0.2) is 30.3 Å². The van der Waals surface area contributed by atoms with Gasteiger partial charge in [-0.3, -0.25) is 4.98 Å². The smallest absolute Gasteiger partial charge is 0.0708 e. The third kappa shape index (κ3) is 1.83. The number of para-hydroxylation sites is 1. The van der Waals surface area contributed by atoms with Crippen molar-refractivity contribution in [3.8, 4) is 0 Å². The lowest BCUT2D eigenvalue weighted by molar-refractivity contribution is 0.597. The largest absolute Gasteiger partial charge is 0.314 e. The van der Waals surface area contributed by atoms with Gasteiger partial charge >= 0.3 is 0 Å². The van der Waals surface area contributed by atoms with E-state index in [0.717, 1.165) is 17.8 Å². The molecule has 0 bridgehead atoms. The second-order valence-electron chi connectivity index (χ2n) is 5.01. The molecule has 1 fully saturated rings. The van der Waals surface area contributed by atoms with E-state index < -0.39 is 0 Å². The van der Waals surface area contributed by atoms with Gasteiger partial charge in [-0.2, -0.15) is 0 Å². The lowest BCUT2D eigenvalue weighted by Gasteiger charge is -2.18. The van der Waals surface area contributed by atoms with Crippen molar-refractivity contribution < 1.29 is 0 Å². The maximum Gasteiger partial charge on any atom is 0.0708 e. The van der Waals surface area contributed by atoms with Crippen molar-refractivity contribution in [3.05, 3.63) is 41.6 Å². The molecule has 2 nitrogen and oxygen atoms in total. The molecular formula is C15H18N2. The minimum Gasteiger partial charge on any atom is -0.314 e. The molecule has 1 saturated heterocycles. The number of rotatable bonds is 1. The number of pyridine rings is 1. The molecule has 2 aromatic rings. The standard InChI is InChI=1S/C15H18N2/c1-10-9-14(12-7-8-16-11(12)2)13-5-3-4-6-15(13)17-10/h3-6,9,11-12,16H,7-8H2,1-2H3. The first-order valence-electron chi connectivity index (χ1n) is 6.35. The molecule has 2 unspecified atom stereocenters. The molecule has 0 radical (unpaired) electrons. The molecule has 1 aromatic carbocycles. The van der Waals surface area contributed by atoms with E-state index in [1.165, 1.54) is 17.4 Å². The molecule has 88 valence electrons. The highest BCUT2D eigenvalue weighted by atomic mass is 14.9. The second kappa shape index (κ2) is 4.11. The summed E-state index contributed by atoms with van der Waals surface area (Å²) in [4.78, 5) is 4.61. The maximum absolute atomic E-state index is 4.61. The topological polar surface area (TPSA) is 24.9 Å². The normalized spacial score (nSPS) is 24.4. The lowest BCUT2D eigenvalue weighted by Crippen LogP contribution is -2.21. The molecule has 2 atom stereocenters. The van der Waals surface area contributed by atoms with Gasteiger partial charge in [0, 0.05) is 23.0 Å². The molecule has 0 aliphatic carbocycles. The first-order valence-corrected chi connectivity index (χ1v) is 6.35. The third-order valence-corrected chi connectivity index (χ3v) is 3.80. The predicted octanol–water partition coefficient (Wildman–Crippen LogP) is 3.01. The number of hydrogen-bond donors (Lipinski definition) is 1. The van der Waals surface area contributed by atoms with Gasteiger partial charge in [0.2, 0.25) is 0 Å². The number of fused-ring (bicyclic) bond motifs is 1. The van der Waals surface area contributed by atoms with Crippen molar-refractivity contribution >= 4 is 10.9 Å². The van der Waals surface area contributed by atoms with E-state index in [0.29, 0.717) is 12.0 Å². The van der Waals surface area contributed by atoms with Crippen LogP contribution in [0.4, 0.5) is 0 Å². The average molecular weight is 226 g/mol. The minimum absolute atomic E-state index is 0.570. The summed E-state index contributed by atoms with van der Waals surface area (Å²) in [6.45, 7) is 5.49. The van der Waals surface area contributed by atoms with Gasteiger partial charge in [-0.05, 0) is 44.5 Å². The Labute approximate surface area is 102 Å². The number of hydrogen-bond acceptors (Lipinski definition) is 2. The Hall–Kier alpha value is -1.41. The van der Waals surface area contributed by atoms with Crippen LogP contribution in [0.3, 0.4) is 0 Å². The summed E-state index contributed by atoms with van der Waals surface area (Å²) >= 11 is 0. The van der Waals surface area contributed by atoms with E-state index in [9.17, 15) is 0 Å². The fourth-order valence-electron chi connectivity index (χ4n) is 2.93. The number of aromatic nitrogens is 1. The summed E-state index contributed by atoms with van der Waals surface area (Å²) < 4.78 is 0. The van der Waals surface area contributed by atoms with Gasteiger partial charge in [-0.1, -0.05) is 18.2 Å². The van der Waals surface area contributed by atoms with Crippen molar-refractivity contribution in [3.63, 3.8) is 0 Å². The Morgan fingerprint density at radius 1 is 1.29 bits per heavy atom. The van der Waals surface area contributed by atoms with Crippen LogP contribution in [0.5, 0.6) is 0 Å². The second-order valence-corrected chi connectivity index (χ2v) is 5.01. The Morgan fingerprint density at radius 3 is 2.88 bits per heavy atom. The summed E-state index contributed by atoms with van der Waals surface area (Å²) in [5.74, 6) is 0.626.